The number of rotatable bonds is 1. The van der Waals surface area contributed by atoms with Crippen molar-refractivity contribution in [1.29, 1.82) is 0 Å². The molecule has 0 spiro atoms. The van der Waals surface area contributed by atoms with Crippen LogP contribution in [0.25, 0.3) is 22.4 Å². The number of aromatic nitrogens is 1. The standard InChI is InChI=1S/C14H11NO/c1-10-4-2-5-11-7-8-12(15-14(10)11)13-6-3-9-16-13/h2-9H,1H3. The topological polar surface area (TPSA) is 26.0 Å². The fourth-order valence-corrected chi connectivity index (χ4v) is 1.86. The highest BCUT2D eigenvalue weighted by atomic mass is 16.3. The summed E-state index contributed by atoms with van der Waals surface area (Å²) in [6.45, 7) is 2.07. The zero-order valence-electron chi connectivity index (χ0n) is 8.97. The van der Waals surface area contributed by atoms with Gasteiger partial charge in [-0.2, -0.15) is 0 Å². The van der Waals surface area contributed by atoms with Crippen molar-refractivity contribution >= 4 is 10.9 Å². The maximum absolute atomic E-state index is 5.35. The summed E-state index contributed by atoms with van der Waals surface area (Å²) < 4.78 is 5.35. The van der Waals surface area contributed by atoms with Crippen LogP contribution < -0.4 is 0 Å². The van der Waals surface area contributed by atoms with Gasteiger partial charge in [0.25, 0.3) is 0 Å². The van der Waals surface area contributed by atoms with Crippen LogP contribution in [-0.4, -0.2) is 4.98 Å². The molecule has 3 aromatic rings. The zero-order valence-corrected chi connectivity index (χ0v) is 8.97. The predicted molar refractivity (Wildman–Crippen MR) is 64.2 cm³/mol. The van der Waals surface area contributed by atoms with Crippen molar-refractivity contribution in [3.8, 4) is 11.5 Å². The van der Waals surface area contributed by atoms with Gasteiger partial charge in [0.15, 0.2) is 5.76 Å². The molecule has 0 N–H and O–H groups in total. The third kappa shape index (κ3) is 1.39. The summed E-state index contributed by atoms with van der Waals surface area (Å²) in [5, 5.41) is 1.16. The van der Waals surface area contributed by atoms with E-state index in [1.165, 1.54) is 5.56 Å². The van der Waals surface area contributed by atoms with Gasteiger partial charge in [0.05, 0.1) is 11.8 Å². The Morgan fingerprint density at radius 3 is 2.75 bits per heavy atom. The quantitative estimate of drug-likeness (QED) is 0.609. The zero-order chi connectivity index (χ0) is 11.0. The molecule has 0 bridgehead atoms. The van der Waals surface area contributed by atoms with Crippen LogP contribution in [0.2, 0.25) is 0 Å². The van der Waals surface area contributed by atoms with Gasteiger partial charge in [-0.05, 0) is 30.7 Å². The van der Waals surface area contributed by atoms with Crippen molar-refractivity contribution < 1.29 is 4.42 Å². The van der Waals surface area contributed by atoms with Crippen molar-refractivity contribution in [2.45, 2.75) is 6.92 Å². The van der Waals surface area contributed by atoms with E-state index in [0.717, 1.165) is 22.4 Å². The number of benzene rings is 1. The minimum atomic E-state index is 0.810. The molecule has 1 aromatic carbocycles. The van der Waals surface area contributed by atoms with Gasteiger partial charge in [-0.1, -0.05) is 24.3 Å². The third-order valence-electron chi connectivity index (χ3n) is 2.70. The highest BCUT2D eigenvalue weighted by molar-refractivity contribution is 5.83. The fraction of sp³-hybridized carbons (Fsp3) is 0.0714. The van der Waals surface area contributed by atoms with Gasteiger partial charge in [-0.3, -0.25) is 0 Å². The molecule has 0 saturated carbocycles. The molecule has 78 valence electrons. The Balaban J connectivity index is 2.27. The summed E-state index contributed by atoms with van der Waals surface area (Å²) in [5.41, 5.74) is 3.11. The van der Waals surface area contributed by atoms with Crippen LogP contribution in [0, 0.1) is 6.92 Å². The molecule has 0 atom stereocenters. The summed E-state index contributed by atoms with van der Waals surface area (Å²) in [6, 6.07) is 14.0. The van der Waals surface area contributed by atoms with E-state index < -0.39 is 0 Å². The van der Waals surface area contributed by atoms with Crippen LogP contribution in [0.5, 0.6) is 0 Å². The smallest absolute Gasteiger partial charge is 0.152 e. The highest BCUT2D eigenvalue weighted by Gasteiger charge is 2.04. The van der Waals surface area contributed by atoms with E-state index in [4.69, 9.17) is 4.42 Å². The van der Waals surface area contributed by atoms with Gasteiger partial charge in [-0.25, -0.2) is 4.98 Å². The van der Waals surface area contributed by atoms with E-state index in [-0.39, 0.29) is 0 Å². The van der Waals surface area contributed by atoms with Crippen LogP contribution in [0.4, 0.5) is 0 Å². The number of fused-ring (bicyclic) bond motifs is 1. The number of para-hydroxylation sites is 1. The molecular formula is C14H11NO. The molecule has 2 nitrogen and oxygen atoms in total. The average molecular weight is 209 g/mol. The summed E-state index contributed by atoms with van der Waals surface area (Å²) in [5.74, 6) is 0.810. The van der Waals surface area contributed by atoms with Crippen LogP contribution in [-0.2, 0) is 0 Å². The van der Waals surface area contributed by atoms with Crippen LogP contribution in [0.15, 0.2) is 53.1 Å². The first-order valence-corrected chi connectivity index (χ1v) is 5.25. The lowest BCUT2D eigenvalue weighted by Gasteiger charge is -2.02. The van der Waals surface area contributed by atoms with Crippen molar-refractivity contribution in [2.75, 3.05) is 0 Å². The summed E-state index contributed by atoms with van der Waals surface area (Å²) >= 11 is 0. The number of furan rings is 1. The van der Waals surface area contributed by atoms with Crippen LogP contribution in [0.1, 0.15) is 5.56 Å². The minimum absolute atomic E-state index is 0.810. The number of hydrogen-bond donors (Lipinski definition) is 0. The van der Waals surface area contributed by atoms with Gasteiger partial charge in [0, 0.05) is 5.39 Å². The van der Waals surface area contributed by atoms with Gasteiger partial charge in [0.2, 0.25) is 0 Å². The van der Waals surface area contributed by atoms with E-state index in [9.17, 15) is 0 Å². The van der Waals surface area contributed by atoms with E-state index >= 15 is 0 Å². The Kier molecular flexibility index (Phi) is 2.00. The molecule has 0 fully saturated rings. The number of nitrogens with zero attached hydrogens (tertiary/aromatic N) is 1. The first-order chi connectivity index (χ1) is 7.84. The molecule has 0 radical (unpaired) electrons. The SMILES string of the molecule is Cc1cccc2ccc(-c3ccco3)nc12. The molecule has 0 aliphatic rings. The number of hydrogen-bond acceptors (Lipinski definition) is 2. The van der Waals surface area contributed by atoms with Gasteiger partial charge < -0.3 is 4.42 Å². The maximum Gasteiger partial charge on any atom is 0.152 e. The molecule has 0 aliphatic heterocycles. The Hall–Kier alpha value is -2.09. The largest absolute Gasteiger partial charge is 0.463 e. The summed E-state index contributed by atoms with van der Waals surface area (Å²) in [4.78, 5) is 4.62. The van der Waals surface area contributed by atoms with E-state index in [1.54, 1.807) is 6.26 Å². The van der Waals surface area contributed by atoms with Crippen LogP contribution >= 0.6 is 0 Å². The fourth-order valence-electron chi connectivity index (χ4n) is 1.86. The summed E-state index contributed by atoms with van der Waals surface area (Å²) in [6.07, 6.45) is 1.67. The van der Waals surface area contributed by atoms with E-state index in [1.807, 2.05) is 24.3 Å². The van der Waals surface area contributed by atoms with E-state index in [0.29, 0.717) is 0 Å². The molecule has 2 heteroatoms. The Bertz CT molecular complexity index is 626. The molecule has 0 saturated heterocycles. The van der Waals surface area contributed by atoms with Gasteiger partial charge in [-0.15, -0.1) is 0 Å². The Morgan fingerprint density at radius 2 is 1.94 bits per heavy atom. The normalized spacial score (nSPS) is 10.8. The Labute approximate surface area is 93.5 Å². The van der Waals surface area contributed by atoms with Crippen molar-refractivity contribution in [1.82, 2.24) is 4.98 Å². The molecule has 16 heavy (non-hydrogen) atoms. The maximum atomic E-state index is 5.35. The van der Waals surface area contributed by atoms with Crippen molar-refractivity contribution in [2.24, 2.45) is 0 Å². The molecule has 2 aromatic heterocycles. The molecule has 3 rings (SSSR count). The lowest BCUT2D eigenvalue weighted by atomic mass is 10.1. The number of aryl methyl sites for hydroxylation is 1. The summed E-state index contributed by atoms with van der Waals surface area (Å²) in [7, 11) is 0. The predicted octanol–water partition coefficient (Wildman–Crippen LogP) is 3.80. The third-order valence-corrected chi connectivity index (χ3v) is 2.70. The number of pyridine rings is 1. The van der Waals surface area contributed by atoms with Crippen LogP contribution in [0.3, 0.4) is 0 Å². The van der Waals surface area contributed by atoms with E-state index in [2.05, 4.69) is 30.1 Å². The molecule has 0 amide bonds. The Morgan fingerprint density at radius 1 is 1.00 bits per heavy atom. The lowest BCUT2D eigenvalue weighted by molar-refractivity contribution is 0.580. The van der Waals surface area contributed by atoms with Gasteiger partial charge >= 0.3 is 0 Å². The van der Waals surface area contributed by atoms with Gasteiger partial charge in [0.1, 0.15) is 5.69 Å². The average Bonchev–Trinajstić information content (AvgIpc) is 2.83. The monoisotopic (exact) mass is 209 g/mol. The van der Waals surface area contributed by atoms with Crippen molar-refractivity contribution in [3.05, 3.63) is 54.3 Å². The lowest BCUT2D eigenvalue weighted by Crippen LogP contribution is -1.86. The second kappa shape index (κ2) is 3.49. The molecule has 0 aliphatic carbocycles. The first-order valence-electron chi connectivity index (χ1n) is 5.25. The molecule has 0 unspecified atom stereocenters. The first kappa shape index (κ1) is 9.16. The van der Waals surface area contributed by atoms with Crippen molar-refractivity contribution in [3.63, 3.8) is 0 Å². The second-order valence-electron chi connectivity index (χ2n) is 3.82. The molecular weight excluding hydrogens is 198 g/mol. The molecule has 2 heterocycles. The minimum Gasteiger partial charge on any atom is -0.463 e. The second-order valence-corrected chi connectivity index (χ2v) is 3.82. The highest BCUT2D eigenvalue weighted by Crippen LogP contribution is 2.22.